The van der Waals surface area contributed by atoms with Gasteiger partial charge in [0.05, 0.1) is 13.2 Å². The standard InChI is InChI=1S/C27H46N2O36S5/c1-2-3-55-26-18(64-69(49,50)51)13(34)16(20(62-26)22(36)37)61-25-9(29-67(43,44)45)12(33)15(7(58-25)5-56-68(46,47)48)59-27-19(65-70(52,53)54)14(35)17(21(63-27)23(38)39)60-24-8(28-66(40,41)42)11(32)10(31)6(4-30)57-24/h6-21,24-35H,2-5H2,1H3,(H,36,37)(H,38,39)(H,40,41,42)(H,43,44,45)(H,46,47,48)(H,49,50,51)(H,52,53,54)/p-5/t6-,7-,8-,9-,10-,11-,12-,13+,14+,15-,16+,17+,18-,19-,20-,21-,24-,25-,26-,27-/m1/s1. The van der Waals surface area contributed by atoms with Crippen LogP contribution >= 0.6 is 0 Å². The number of carboxylic acids is 2. The van der Waals surface area contributed by atoms with Crippen molar-refractivity contribution in [2.24, 2.45) is 0 Å². The predicted octanol–water partition coefficient (Wildman–Crippen LogP) is -11.6. The third kappa shape index (κ3) is 16.4. The maximum Gasteiger partial charge on any atom is 0.335 e. The van der Waals surface area contributed by atoms with E-state index in [2.05, 4.69) is 12.5 Å². The van der Waals surface area contributed by atoms with E-state index in [4.69, 9.17) is 37.9 Å². The Morgan fingerprint density at radius 1 is 0.529 bits per heavy atom. The van der Waals surface area contributed by atoms with Crippen LogP contribution in [-0.2, 0) is 112 Å². The minimum atomic E-state index is -6.24. The molecule has 0 aromatic rings. The highest BCUT2D eigenvalue weighted by Crippen LogP contribution is 2.37. The van der Waals surface area contributed by atoms with Crippen molar-refractivity contribution in [3.05, 3.63) is 0 Å². The number of ether oxygens (including phenoxy) is 8. The summed E-state index contributed by atoms with van der Waals surface area (Å²) >= 11 is 0. The van der Waals surface area contributed by atoms with Crippen molar-refractivity contribution in [3.63, 3.8) is 0 Å². The van der Waals surface area contributed by atoms with Gasteiger partial charge in [-0.3, -0.25) is 12.5 Å². The molecular weight excluding hydrogens is 1090 g/mol. The highest BCUT2D eigenvalue weighted by molar-refractivity contribution is 7.84. The monoisotopic (exact) mass is 1130 g/mol. The first-order chi connectivity index (χ1) is 32.0. The molecule has 10 N–H and O–H groups in total. The van der Waals surface area contributed by atoms with Crippen LogP contribution in [0.3, 0.4) is 0 Å². The molecule has 0 bridgehead atoms. The Hall–Kier alpha value is -2.27. The van der Waals surface area contributed by atoms with Crippen LogP contribution in [0, 0.1) is 0 Å². The number of carboxylic acid groups (broad SMARTS) is 2. The van der Waals surface area contributed by atoms with E-state index < -0.39 is 200 Å². The summed E-state index contributed by atoms with van der Waals surface area (Å²) in [6.45, 7) is -1.96. The van der Waals surface area contributed by atoms with Crippen LogP contribution in [0.1, 0.15) is 13.3 Å². The topological polar surface area (TPSA) is 608 Å². The zero-order chi connectivity index (χ0) is 53.2. The van der Waals surface area contributed by atoms with Gasteiger partial charge in [0, 0.05) is 6.61 Å². The normalized spacial score (nSPS) is 39.3. The molecule has 4 rings (SSSR count). The summed E-state index contributed by atoms with van der Waals surface area (Å²) < 4.78 is 233. The lowest BCUT2D eigenvalue weighted by Gasteiger charge is -2.50. The second kappa shape index (κ2) is 23.5. The zero-order valence-electron chi connectivity index (χ0n) is 34.4. The lowest BCUT2D eigenvalue weighted by atomic mass is 9.94. The van der Waals surface area contributed by atoms with Crippen molar-refractivity contribution in [1.82, 2.24) is 9.44 Å². The summed E-state index contributed by atoms with van der Waals surface area (Å²) in [4.78, 5) is 25.0. The van der Waals surface area contributed by atoms with Gasteiger partial charge in [-0.2, -0.15) is 0 Å². The molecule has 0 spiro atoms. The second-order valence-electron chi connectivity index (χ2n) is 14.7. The van der Waals surface area contributed by atoms with E-state index in [9.17, 15) is 115 Å². The Labute approximate surface area is 393 Å². The van der Waals surface area contributed by atoms with E-state index in [-0.39, 0.29) is 13.0 Å². The molecule has 0 aliphatic carbocycles. The van der Waals surface area contributed by atoms with Crippen LogP contribution in [0.5, 0.6) is 0 Å². The number of aliphatic hydroxyl groups excluding tert-OH is 6. The summed E-state index contributed by atoms with van der Waals surface area (Å²) in [5.74, 6) is -4.45. The molecule has 0 unspecified atom stereocenters. The molecule has 43 heteroatoms. The van der Waals surface area contributed by atoms with Crippen LogP contribution in [0.2, 0.25) is 0 Å². The largest absolute Gasteiger partial charge is 0.735 e. The Balaban J connectivity index is 1.80. The van der Waals surface area contributed by atoms with E-state index in [1.165, 1.54) is 11.6 Å². The Kier molecular flexibility index (Phi) is 20.3. The van der Waals surface area contributed by atoms with Crippen LogP contribution in [0.4, 0.5) is 0 Å². The molecule has 4 saturated heterocycles. The van der Waals surface area contributed by atoms with Crippen molar-refractivity contribution in [1.29, 1.82) is 0 Å². The molecule has 4 aliphatic heterocycles. The van der Waals surface area contributed by atoms with E-state index in [1.54, 1.807) is 0 Å². The molecule has 70 heavy (non-hydrogen) atoms. The quantitative estimate of drug-likeness (QED) is 0.0335. The molecular formula is C27H41N2O36S5-5. The van der Waals surface area contributed by atoms with Gasteiger partial charge in [-0.15, -0.1) is 0 Å². The fraction of sp³-hybridized carbons (Fsp3) is 0.926. The Bertz CT molecular complexity index is 2370. The van der Waals surface area contributed by atoms with Crippen LogP contribution in [-0.4, -0.2) is 260 Å². The van der Waals surface area contributed by atoms with Crippen molar-refractivity contribution >= 4 is 63.7 Å². The number of carbonyl (C=O) groups is 2. The second-order valence-corrected chi connectivity index (χ2v) is 20.1. The van der Waals surface area contributed by atoms with Gasteiger partial charge in [0.25, 0.3) is 0 Å². The van der Waals surface area contributed by atoms with Crippen molar-refractivity contribution in [2.45, 2.75) is 136 Å². The van der Waals surface area contributed by atoms with Gasteiger partial charge in [-0.25, -0.2) is 61.1 Å². The SMILES string of the molecule is CCCO[C@@H]1O[C@@H](C(=O)O)[C@@H](O[C@H]2O[C@H](COS(=O)(=O)[O-])[C@@H](O[C@@H]3O[C@@H](C(=O)O)[C@@H](O[C@H]4O[C@H](CO)[C@@H](O)[C@H](O)[C@H]4NS(=O)(=O)[O-])[C@H](O)[C@H]3OS(=O)(=O)[O-])[C@H](O)[C@H]2NS(=O)(=O)[O-])[C@H](O)[C@H]1OS(=O)(=O)[O-]. The molecule has 0 radical (unpaired) electrons. The first kappa shape index (κ1) is 60.3. The maximum absolute atomic E-state index is 12.6. The number of nitrogens with one attached hydrogen (secondary N) is 2. The number of rotatable bonds is 23. The van der Waals surface area contributed by atoms with Gasteiger partial charge in [-0.1, -0.05) is 6.92 Å². The summed E-state index contributed by atoms with van der Waals surface area (Å²) in [7, 11) is -29.7. The van der Waals surface area contributed by atoms with E-state index >= 15 is 0 Å². The minimum Gasteiger partial charge on any atom is -0.735 e. The van der Waals surface area contributed by atoms with Crippen LogP contribution < -0.4 is 9.44 Å². The molecule has 410 valence electrons. The number of hydrogen-bond acceptors (Lipinski definition) is 34. The molecule has 0 aromatic carbocycles. The van der Waals surface area contributed by atoms with Gasteiger partial charge >= 0.3 is 11.9 Å². The smallest absolute Gasteiger partial charge is 0.335 e. The van der Waals surface area contributed by atoms with E-state index in [1.807, 2.05) is 0 Å². The molecule has 0 aromatic heterocycles. The third-order valence-electron chi connectivity index (χ3n) is 9.84. The predicted molar refractivity (Wildman–Crippen MR) is 196 cm³/mol. The first-order valence-corrected chi connectivity index (χ1v) is 25.8. The van der Waals surface area contributed by atoms with Gasteiger partial charge in [0.1, 0.15) is 73.1 Å². The fourth-order valence-electron chi connectivity index (χ4n) is 7.04. The molecule has 20 atom stereocenters. The van der Waals surface area contributed by atoms with E-state index in [0.717, 1.165) is 4.72 Å². The lowest BCUT2D eigenvalue weighted by molar-refractivity contribution is -0.368. The lowest BCUT2D eigenvalue weighted by Crippen LogP contribution is -2.70. The molecule has 0 saturated carbocycles. The Morgan fingerprint density at radius 3 is 1.34 bits per heavy atom. The average molecular weight is 1130 g/mol. The van der Waals surface area contributed by atoms with Crippen molar-refractivity contribution < 1.29 is 166 Å². The van der Waals surface area contributed by atoms with Gasteiger partial charge < -0.3 is 102 Å². The third-order valence-corrected chi connectivity index (χ3v) is 12.3. The molecule has 4 aliphatic rings. The van der Waals surface area contributed by atoms with Gasteiger partial charge in [-0.05, 0) is 6.42 Å². The summed E-state index contributed by atoms with van der Waals surface area (Å²) in [6, 6.07) is -5.34. The number of aliphatic carboxylic acids is 2. The van der Waals surface area contributed by atoms with E-state index in [0.29, 0.717) is 0 Å². The molecule has 0 amide bonds. The molecule has 4 heterocycles. The summed E-state index contributed by atoms with van der Waals surface area (Å²) in [5, 5.41) is 84.6. The van der Waals surface area contributed by atoms with Crippen molar-refractivity contribution in [2.75, 3.05) is 19.8 Å². The number of hydrogen-bond donors (Lipinski definition) is 10. The van der Waals surface area contributed by atoms with Crippen LogP contribution in [0.25, 0.3) is 0 Å². The summed E-state index contributed by atoms with van der Waals surface area (Å²) in [5.41, 5.74) is 0. The van der Waals surface area contributed by atoms with Crippen molar-refractivity contribution in [3.8, 4) is 0 Å². The fourth-order valence-corrected chi connectivity index (χ4v) is 9.47. The minimum absolute atomic E-state index is 0.102. The average Bonchev–Trinajstić information content (AvgIpc) is 3.20. The highest BCUT2D eigenvalue weighted by atomic mass is 32.3. The Morgan fingerprint density at radius 2 is 0.943 bits per heavy atom. The maximum atomic E-state index is 12.6. The molecule has 4 fully saturated rings. The first-order valence-electron chi connectivity index (χ1n) is 19.0. The zero-order valence-corrected chi connectivity index (χ0v) is 38.5. The molecule has 38 nitrogen and oxygen atoms in total. The van der Waals surface area contributed by atoms with Gasteiger partial charge in [0.15, 0.2) is 70.2 Å². The highest BCUT2D eigenvalue weighted by Gasteiger charge is 2.59. The van der Waals surface area contributed by atoms with Crippen LogP contribution in [0.15, 0.2) is 0 Å². The van der Waals surface area contributed by atoms with Gasteiger partial charge in [0.2, 0.25) is 31.2 Å². The summed E-state index contributed by atoms with van der Waals surface area (Å²) in [6.07, 6.45) is -48.4. The number of aliphatic hydroxyl groups is 6.